The molecule has 0 saturated heterocycles. The van der Waals surface area contributed by atoms with Crippen molar-refractivity contribution in [1.29, 1.82) is 0 Å². The standard InChI is InChI=1S/C3H5NO.HI/c1-2-4-5-3-1;/h2H,1,3H2;1H. The average Bonchev–Trinajstić information content (AvgIpc) is 1.76. The third-order valence-corrected chi connectivity index (χ3v) is 0.487. The molecule has 2 nitrogen and oxygen atoms in total. The lowest BCUT2D eigenvalue weighted by Crippen LogP contribution is -1.72. The molecule has 0 unspecified atom stereocenters. The highest BCUT2D eigenvalue weighted by atomic mass is 127. The van der Waals surface area contributed by atoms with Gasteiger partial charge in [-0.15, -0.1) is 24.0 Å². The van der Waals surface area contributed by atoms with Gasteiger partial charge in [0, 0.05) is 12.6 Å². The topological polar surface area (TPSA) is 21.6 Å². The van der Waals surface area contributed by atoms with Gasteiger partial charge in [-0.3, -0.25) is 0 Å². The first-order chi connectivity index (χ1) is 2.50. The Hall–Kier alpha value is 0.200. The van der Waals surface area contributed by atoms with Crippen molar-refractivity contribution in [2.24, 2.45) is 5.16 Å². The Balaban J connectivity index is 0.000000250. The van der Waals surface area contributed by atoms with Crippen LogP contribution in [0.2, 0.25) is 0 Å². The van der Waals surface area contributed by atoms with E-state index >= 15 is 0 Å². The zero-order valence-electron chi connectivity index (χ0n) is 3.26. The fourth-order valence-corrected chi connectivity index (χ4v) is 0.264. The molecule has 1 aliphatic heterocycles. The summed E-state index contributed by atoms with van der Waals surface area (Å²) in [6, 6.07) is 0. The van der Waals surface area contributed by atoms with Crippen molar-refractivity contribution in [2.45, 2.75) is 6.42 Å². The highest BCUT2D eigenvalue weighted by Crippen LogP contribution is 1.86. The van der Waals surface area contributed by atoms with Gasteiger partial charge in [0.15, 0.2) is 0 Å². The van der Waals surface area contributed by atoms with Crippen LogP contribution in [0.15, 0.2) is 5.16 Å². The minimum absolute atomic E-state index is 0. The molecule has 1 rings (SSSR count). The minimum Gasteiger partial charge on any atom is -0.396 e. The first kappa shape index (κ1) is 6.20. The molecule has 0 aromatic carbocycles. The number of halogens is 1. The molecule has 0 radical (unpaired) electrons. The molecule has 0 N–H and O–H groups in total. The average molecular weight is 199 g/mol. The van der Waals surface area contributed by atoms with Gasteiger partial charge in [0.05, 0.1) is 0 Å². The van der Waals surface area contributed by atoms with Crippen LogP contribution in [-0.2, 0) is 4.84 Å². The summed E-state index contributed by atoms with van der Waals surface area (Å²) in [7, 11) is 0. The molecule has 0 aromatic heterocycles. The van der Waals surface area contributed by atoms with Gasteiger partial charge < -0.3 is 4.84 Å². The Labute approximate surface area is 53.6 Å². The van der Waals surface area contributed by atoms with Gasteiger partial charge in [-0.2, -0.15) is 0 Å². The van der Waals surface area contributed by atoms with E-state index in [1.807, 2.05) is 0 Å². The van der Waals surface area contributed by atoms with Crippen molar-refractivity contribution in [3.05, 3.63) is 0 Å². The SMILES string of the molecule is C1=NOCC1.I. The zero-order chi connectivity index (χ0) is 3.54. The van der Waals surface area contributed by atoms with Crippen LogP contribution in [0.25, 0.3) is 0 Å². The molecular formula is C3H6INO. The van der Waals surface area contributed by atoms with E-state index in [2.05, 4.69) is 9.99 Å². The maximum Gasteiger partial charge on any atom is 0.122 e. The van der Waals surface area contributed by atoms with Crippen LogP contribution >= 0.6 is 24.0 Å². The molecule has 0 saturated carbocycles. The van der Waals surface area contributed by atoms with Gasteiger partial charge in [0.1, 0.15) is 6.61 Å². The number of nitrogens with zero attached hydrogens (tertiary/aromatic N) is 1. The second kappa shape index (κ2) is 3.39. The third kappa shape index (κ3) is 1.59. The van der Waals surface area contributed by atoms with E-state index in [0.717, 1.165) is 13.0 Å². The first-order valence-electron chi connectivity index (χ1n) is 1.64. The molecule has 0 aliphatic carbocycles. The molecular weight excluding hydrogens is 193 g/mol. The Morgan fingerprint density at radius 1 is 1.67 bits per heavy atom. The highest BCUT2D eigenvalue weighted by Gasteiger charge is 1.86. The summed E-state index contributed by atoms with van der Waals surface area (Å²) in [5, 5.41) is 3.46. The molecule has 1 heterocycles. The molecule has 3 heteroatoms. The van der Waals surface area contributed by atoms with Gasteiger partial charge in [0.2, 0.25) is 0 Å². The molecule has 1 aliphatic rings. The Morgan fingerprint density at radius 2 is 2.50 bits per heavy atom. The Kier molecular flexibility index (Phi) is 3.51. The van der Waals surface area contributed by atoms with Crippen LogP contribution in [0.3, 0.4) is 0 Å². The highest BCUT2D eigenvalue weighted by molar-refractivity contribution is 14.0. The quantitative estimate of drug-likeness (QED) is 0.533. The van der Waals surface area contributed by atoms with Crippen LogP contribution in [0.4, 0.5) is 0 Å². The molecule has 0 atom stereocenters. The Bertz CT molecular complexity index is 48.8. The molecule has 0 aromatic rings. The van der Waals surface area contributed by atoms with Crippen molar-refractivity contribution in [1.82, 2.24) is 0 Å². The number of oxime groups is 1. The van der Waals surface area contributed by atoms with E-state index in [-0.39, 0.29) is 24.0 Å². The summed E-state index contributed by atoms with van der Waals surface area (Å²) in [5.41, 5.74) is 0. The zero-order valence-corrected chi connectivity index (χ0v) is 5.59. The maximum atomic E-state index is 4.51. The second-order valence-corrected chi connectivity index (χ2v) is 0.910. The van der Waals surface area contributed by atoms with Crippen molar-refractivity contribution in [3.8, 4) is 0 Å². The fourth-order valence-electron chi connectivity index (χ4n) is 0.264. The third-order valence-electron chi connectivity index (χ3n) is 0.487. The van der Waals surface area contributed by atoms with E-state index in [9.17, 15) is 0 Å². The largest absolute Gasteiger partial charge is 0.396 e. The van der Waals surface area contributed by atoms with Crippen LogP contribution < -0.4 is 0 Å². The lowest BCUT2D eigenvalue weighted by Gasteiger charge is -1.76. The van der Waals surface area contributed by atoms with E-state index in [0.29, 0.717) is 0 Å². The van der Waals surface area contributed by atoms with Gasteiger partial charge >= 0.3 is 0 Å². The number of hydrogen-bond acceptors (Lipinski definition) is 2. The van der Waals surface area contributed by atoms with E-state index < -0.39 is 0 Å². The maximum absolute atomic E-state index is 4.51. The van der Waals surface area contributed by atoms with E-state index in [4.69, 9.17) is 0 Å². The summed E-state index contributed by atoms with van der Waals surface area (Å²) in [6.45, 7) is 0.778. The van der Waals surface area contributed by atoms with Crippen molar-refractivity contribution in [3.63, 3.8) is 0 Å². The van der Waals surface area contributed by atoms with Gasteiger partial charge in [-0.1, -0.05) is 5.16 Å². The molecule has 36 valence electrons. The number of rotatable bonds is 0. The van der Waals surface area contributed by atoms with Gasteiger partial charge in [-0.25, -0.2) is 0 Å². The van der Waals surface area contributed by atoms with E-state index in [1.54, 1.807) is 6.21 Å². The van der Waals surface area contributed by atoms with Crippen molar-refractivity contribution in [2.75, 3.05) is 6.61 Å². The molecule has 0 fully saturated rings. The predicted octanol–water partition coefficient (Wildman–Crippen LogP) is 1.01. The van der Waals surface area contributed by atoms with Gasteiger partial charge in [0.25, 0.3) is 0 Å². The monoisotopic (exact) mass is 199 g/mol. The molecule has 6 heavy (non-hydrogen) atoms. The smallest absolute Gasteiger partial charge is 0.122 e. The lowest BCUT2D eigenvalue weighted by molar-refractivity contribution is 0.174. The first-order valence-corrected chi connectivity index (χ1v) is 1.64. The second-order valence-electron chi connectivity index (χ2n) is 0.910. The van der Waals surface area contributed by atoms with Crippen molar-refractivity contribution < 1.29 is 4.84 Å². The summed E-state index contributed by atoms with van der Waals surface area (Å²) in [5.74, 6) is 0. The minimum atomic E-state index is 0. The fraction of sp³-hybridized carbons (Fsp3) is 0.667. The van der Waals surface area contributed by atoms with E-state index in [1.165, 1.54) is 0 Å². The summed E-state index contributed by atoms with van der Waals surface area (Å²) >= 11 is 0. The van der Waals surface area contributed by atoms with Crippen molar-refractivity contribution >= 4 is 30.2 Å². The lowest BCUT2D eigenvalue weighted by atomic mass is 10.5. The summed E-state index contributed by atoms with van der Waals surface area (Å²) < 4.78 is 0. The van der Waals surface area contributed by atoms with Gasteiger partial charge in [-0.05, 0) is 0 Å². The molecule has 0 bridgehead atoms. The van der Waals surface area contributed by atoms with Crippen LogP contribution in [0, 0.1) is 0 Å². The normalized spacial score (nSPS) is 16.0. The summed E-state index contributed by atoms with van der Waals surface area (Å²) in [6.07, 6.45) is 2.75. The molecule has 0 amide bonds. The van der Waals surface area contributed by atoms with Crippen LogP contribution in [0.5, 0.6) is 0 Å². The number of hydrogen-bond donors (Lipinski definition) is 0. The molecule has 0 spiro atoms. The predicted molar refractivity (Wildman–Crippen MR) is 34.5 cm³/mol. The Morgan fingerprint density at radius 3 is 2.67 bits per heavy atom. The summed E-state index contributed by atoms with van der Waals surface area (Å²) in [4.78, 5) is 4.51. The van der Waals surface area contributed by atoms with Crippen LogP contribution in [0.1, 0.15) is 6.42 Å². The van der Waals surface area contributed by atoms with Crippen LogP contribution in [-0.4, -0.2) is 12.8 Å².